The minimum absolute atomic E-state index is 0.0816. The summed E-state index contributed by atoms with van der Waals surface area (Å²) in [5, 5.41) is 0.600. The summed E-state index contributed by atoms with van der Waals surface area (Å²) in [5.74, 6) is 0.0816. The molecule has 1 aromatic carbocycles. The van der Waals surface area contributed by atoms with Gasteiger partial charge in [-0.05, 0) is 58.8 Å². The van der Waals surface area contributed by atoms with E-state index in [1.54, 1.807) is 12.1 Å². The van der Waals surface area contributed by atoms with E-state index < -0.39 is 0 Å². The van der Waals surface area contributed by atoms with Crippen LogP contribution in [0.2, 0.25) is 5.02 Å². The Balaban J connectivity index is 2.20. The Morgan fingerprint density at radius 1 is 1.42 bits per heavy atom. The van der Waals surface area contributed by atoms with Crippen LogP contribution in [0.5, 0.6) is 0 Å². The SMILES string of the molecule is CCC1(CC)CCN(C(=O)c2cc(Cl)ccc2Br)C1. The molecule has 0 unspecified atom stereocenters. The van der Waals surface area contributed by atoms with Gasteiger partial charge in [0.2, 0.25) is 0 Å². The van der Waals surface area contributed by atoms with Gasteiger partial charge in [-0.25, -0.2) is 0 Å². The van der Waals surface area contributed by atoms with Crippen molar-refractivity contribution in [3.8, 4) is 0 Å². The Bertz CT molecular complexity index is 485. The van der Waals surface area contributed by atoms with E-state index in [1.165, 1.54) is 0 Å². The number of carbonyl (C=O) groups excluding carboxylic acids is 1. The minimum Gasteiger partial charge on any atom is -0.338 e. The zero-order chi connectivity index (χ0) is 14.0. The lowest BCUT2D eigenvalue weighted by atomic mass is 9.82. The molecule has 1 saturated heterocycles. The fourth-order valence-corrected chi connectivity index (χ4v) is 3.36. The standard InChI is InChI=1S/C15H19BrClNO/c1-3-15(4-2)7-8-18(10-15)14(19)12-9-11(17)5-6-13(12)16/h5-6,9H,3-4,7-8,10H2,1-2H3. The molecule has 2 nitrogen and oxygen atoms in total. The first-order valence-corrected chi connectivity index (χ1v) is 7.93. The van der Waals surface area contributed by atoms with Crippen molar-refractivity contribution in [3.05, 3.63) is 33.3 Å². The molecule has 1 aromatic rings. The van der Waals surface area contributed by atoms with Crippen LogP contribution >= 0.6 is 27.5 Å². The second kappa shape index (κ2) is 5.84. The molecule has 1 fully saturated rings. The van der Waals surface area contributed by atoms with Crippen molar-refractivity contribution in [2.24, 2.45) is 5.41 Å². The molecule has 19 heavy (non-hydrogen) atoms. The molecule has 0 spiro atoms. The van der Waals surface area contributed by atoms with Gasteiger partial charge in [0.05, 0.1) is 5.56 Å². The van der Waals surface area contributed by atoms with Crippen LogP contribution in [0.25, 0.3) is 0 Å². The molecular formula is C15H19BrClNO. The number of amides is 1. The van der Waals surface area contributed by atoms with Gasteiger partial charge in [-0.15, -0.1) is 0 Å². The Kier molecular flexibility index (Phi) is 4.57. The van der Waals surface area contributed by atoms with Gasteiger partial charge in [0.15, 0.2) is 0 Å². The highest BCUT2D eigenvalue weighted by Crippen LogP contribution is 2.38. The van der Waals surface area contributed by atoms with Crippen LogP contribution in [0.1, 0.15) is 43.5 Å². The highest BCUT2D eigenvalue weighted by atomic mass is 79.9. The number of benzene rings is 1. The Morgan fingerprint density at radius 3 is 2.68 bits per heavy atom. The third-order valence-electron chi connectivity index (χ3n) is 4.38. The molecule has 0 aromatic heterocycles. The van der Waals surface area contributed by atoms with Gasteiger partial charge in [-0.2, -0.15) is 0 Å². The molecule has 2 rings (SSSR count). The lowest BCUT2D eigenvalue weighted by molar-refractivity contribution is 0.0769. The number of hydrogen-bond donors (Lipinski definition) is 0. The van der Waals surface area contributed by atoms with E-state index in [-0.39, 0.29) is 5.91 Å². The molecule has 104 valence electrons. The Labute approximate surface area is 128 Å². The molecule has 1 amide bonds. The average Bonchev–Trinajstić information content (AvgIpc) is 2.86. The van der Waals surface area contributed by atoms with E-state index in [0.29, 0.717) is 16.0 Å². The predicted molar refractivity (Wildman–Crippen MR) is 82.7 cm³/mol. The first kappa shape index (κ1) is 14.9. The van der Waals surface area contributed by atoms with Crippen LogP contribution in [0.3, 0.4) is 0 Å². The van der Waals surface area contributed by atoms with Crippen molar-refractivity contribution >= 4 is 33.4 Å². The zero-order valence-corrected chi connectivity index (χ0v) is 13.7. The summed E-state index contributed by atoms with van der Waals surface area (Å²) in [7, 11) is 0. The molecule has 0 bridgehead atoms. The average molecular weight is 345 g/mol. The van der Waals surface area contributed by atoms with Crippen molar-refractivity contribution in [2.45, 2.75) is 33.1 Å². The molecule has 0 atom stereocenters. The maximum atomic E-state index is 12.6. The molecule has 0 radical (unpaired) electrons. The van der Waals surface area contributed by atoms with Crippen molar-refractivity contribution in [1.29, 1.82) is 0 Å². The second-order valence-electron chi connectivity index (χ2n) is 5.31. The highest BCUT2D eigenvalue weighted by molar-refractivity contribution is 9.10. The van der Waals surface area contributed by atoms with E-state index >= 15 is 0 Å². The zero-order valence-electron chi connectivity index (χ0n) is 11.4. The van der Waals surface area contributed by atoms with Crippen LogP contribution in [0.4, 0.5) is 0 Å². The van der Waals surface area contributed by atoms with Gasteiger partial charge in [0.1, 0.15) is 0 Å². The minimum atomic E-state index is 0.0816. The van der Waals surface area contributed by atoms with E-state index in [0.717, 1.165) is 36.8 Å². The fraction of sp³-hybridized carbons (Fsp3) is 0.533. The Morgan fingerprint density at radius 2 is 2.11 bits per heavy atom. The maximum absolute atomic E-state index is 12.6. The van der Waals surface area contributed by atoms with Crippen LogP contribution in [0.15, 0.2) is 22.7 Å². The van der Waals surface area contributed by atoms with Gasteiger partial charge < -0.3 is 4.90 Å². The number of hydrogen-bond acceptors (Lipinski definition) is 1. The van der Waals surface area contributed by atoms with Crippen molar-refractivity contribution in [2.75, 3.05) is 13.1 Å². The second-order valence-corrected chi connectivity index (χ2v) is 6.60. The summed E-state index contributed by atoms with van der Waals surface area (Å²) in [5.41, 5.74) is 0.969. The number of nitrogens with zero attached hydrogens (tertiary/aromatic N) is 1. The van der Waals surface area contributed by atoms with Crippen LogP contribution < -0.4 is 0 Å². The summed E-state index contributed by atoms with van der Waals surface area (Å²) >= 11 is 9.42. The van der Waals surface area contributed by atoms with Crippen LogP contribution in [0, 0.1) is 5.41 Å². The summed E-state index contributed by atoms with van der Waals surface area (Å²) in [4.78, 5) is 14.5. The number of likely N-dealkylation sites (tertiary alicyclic amines) is 1. The first-order valence-electron chi connectivity index (χ1n) is 6.75. The van der Waals surface area contributed by atoms with E-state index in [4.69, 9.17) is 11.6 Å². The number of halogens is 2. The summed E-state index contributed by atoms with van der Waals surface area (Å²) < 4.78 is 0.812. The van der Waals surface area contributed by atoms with Crippen molar-refractivity contribution in [3.63, 3.8) is 0 Å². The molecule has 1 aliphatic heterocycles. The molecular weight excluding hydrogens is 326 g/mol. The van der Waals surface area contributed by atoms with Crippen LogP contribution in [-0.2, 0) is 0 Å². The monoisotopic (exact) mass is 343 g/mol. The quantitative estimate of drug-likeness (QED) is 0.774. The number of rotatable bonds is 3. The van der Waals surface area contributed by atoms with Gasteiger partial charge >= 0.3 is 0 Å². The van der Waals surface area contributed by atoms with E-state index in [2.05, 4.69) is 29.8 Å². The fourth-order valence-electron chi connectivity index (χ4n) is 2.77. The predicted octanol–water partition coefficient (Wildman–Crippen LogP) is 4.75. The topological polar surface area (TPSA) is 20.3 Å². The number of carbonyl (C=O) groups is 1. The Hall–Kier alpha value is -0.540. The van der Waals surface area contributed by atoms with Gasteiger partial charge in [-0.1, -0.05) is 25.4 Å². The van der Waals surface area contributed by atoms with Crippen molar-refractivity contribution in [1.82, 2.24) is 4.90 Å². The normalized spacial score (nSPS) is 17.8. The van der Waals surface area contributed by atoms with Gasteiger partial charge in [0.25, 0.3) is 5.91 Å². The maximum Gasteiger partial charge on any atom is 0.255 e. The lowest BCUT2D eigenvalue weighted by Crippen LogP contribution is -2.32. The van der Waals surface area contributed by atoms with E-state index in [9.17, 15) is 4.79 Å². The third kappa shape index (κ3) is 2.97. The van der Waals surface area contributed by atoms with Crippen molar-refractivity contribution < 1.29 is 4.79 Å². The van der Waals surface area contributed by atoms with E-state index in [1.807, 2.05) is 11.0 Å². The summed E-state index contributed by atoms with van der Waals surface area (Å²) in [6.07, 6.45) is 3.36. The smallest absolute Gasteiger partial charge is 0.255 e. The third-order valence-corrected chi connectivity index (χ3v) is 5.31. The van der Waals surface area contributed by atoms with Gasteiger partial charge in [0, 0.05) is 22.6 Å². The molecule has 0 N–H and O–H groups in total. The molecule has 1 heterocycles. The molecule has 0 aliphatic carbocycles. The lowest BCUT2D eigenvalue weighted by Gasteiger charge is -2.26. The molecule has 4 heteroatoms. The summed E-state index contributed by atoms with van der Waals surface area (Å²) in [6.45, 7) is 6.14. The summed E-state index contributed by atoms with van der Waals surface area (Å²) in [6, 6.07) is 5.36. The first-order chi connectivity index (χ1) is 9.01. The van der Waals surface area contributed by atoms with Gasteiger partial charge in [-0.3, -0.25) is 4.79 Å². The highest BCUT2D eigenvalue weighted by Gasteiger charge is 2.37. The van der Waals surface area contributed by atoms with Crippen LogP contribution in [-0.4, -0.2) is 23.9 Å². The molecule has 0 saturated carbocycles. The molecule has 1 aliphatic rings. The largest absolute Gasteiger partial charge is 0.338 e.